The number of carbonyl (C=O) groups is 2. The Labute approximate surface area is 101 Å². The highest BCUT2D eigenvalue weighted by Gasteiger charge is 2.18. The van der Waals surface area contributed by atoms with Gasteiger partial charge in [0.15, 0.2) is 0 Å². The maximum absolute atomic E-state index is 11.7. The van der Waals surface area contributed by atoms with Crippen molar-refractivity contribution in [2.75, 3.05) is 13.1 Å². The molecule has 0 aromatic heterocycles. The summed E-state index contributed by atoms with van der Waals surface area (Å²) in [7, 11) is 0. The molecule has 3 amide bonds. The molecular weight excluding hydrogens is 228 g/mol. The molecule has 0 aromatic rings. The van der Waals surface area contributed by atoms with Gasteiger partial charge in [-0.2, -0.15) is 0 Å². The molecule has 92 valence electrons. The number of hydrogen-bond donors (Lipinski definition) is 1. The van der Waals surface area contributed by atoms with Crippen molar-refractivity contribution >= 4 is 23.5 Å². The fourth-order valence-corrected chi connectivity index (χ4v) is 1.79. The van der Waals surface area contributed by atoms with Gasteiger partial charge < -0.3 is 4.90 Å². The first-order valence-electron chi connectivity index (χ1n) is 5.85. The van der Waals surface area contributed by atoms with E-state index in [0.717, 1.165) is 38.8 Å². The SMILES string of the molecule is CC(Cl)C(=O)NC(=O)N1CCCCCCC1. The molecule has 1 aliphatic heterocycles. The molecule has 0 aliphatic carbocycles. The van der Waals surface area contributed by atoms with Crippen LogP contribution in [0.5, 0.6) is 0 Å². The Kier molecular flexibility index (Phi) is 5.60. The maximum atomic E-state index is 11.7. The zero-order valence-electron chi connectivity index (χ0n) is 9.67. The van der Waals surface area contributed by atoms with Gasteiger partial charge in [-0.3, -0.25) is 10.1 Å². The van der Waals surface area contributed by atoms with Crippen LogP contribution < -0.4 is 5.32 Å². The molecule has 1 N–H and O–H groups in total. The van der Waals surface area contributed by atoms with E-state index in [-0.39, 0.29) is 6.03 Å². The largest absolute Gasteiger partial charge is 0.324 e. The first-order chi connectivity index (χ1) is 7.61. The number of carbonyl (C=O) groups excluding carboxylic acids is 2. The van der Waals surface area contributed by atoms with Crippen LogP contribution in [-0.4, -0.2) is 35.3 Å². The summed E-state index contributed by atoms with van der Waals surface area (Å²) < 4.78 is 0. The molecule has 1 fully saturated rings. The summed E-state index contributed by atoms with van der Waals surface area (Å²) in [4.78, 5) is 24.7. The number of amides is 3. The van der Waals surface area contributed by atoms with Gasteiger partial charge in [-0.05, 0) is 19.8 Å². The number of hydrogen-bond acceptors (Lipinski definition) is 2. The average Bonchev–Trinajstić information content (AvgIpc) is 2.16. The second-order valence-electron chi connectivity index (χ2n) is 4.17. The maximum Gasteiger partial charge on any atom is 0.324 e. The molecule has 1 unspecified atom stereocenters. The zero-order chi connectivity index (χ0) is 12.0. The fraction of sp³-hybridized carbons (Fsp3) is 0.818. The Bertz CT molecular complexity index is 248. The Morgan fingerprint density at radius 1 is 1.12 bits per heavy atom. The van der Waals surface area contributed by atoms with Gasteiger partial charge in [0.05, 0.1) is 0 Å². The number of nitrogens with one attached hydrogen (secondary N) is 1. The lowest BCUT2D eigenvalue weighted by molar-refractivity contribution is -0.119. The van der Waals surface area contributed by atoms with Crippen LogP contribution in [0.3, 0.4) is 0 Å². The van der Waals surface area contributed by atoms with Gasteiger partial charge in [0.1, 0.15) is 5.38 Å². The molecule has 0 spiro atoms. The fourth-order valence-electron chi connectivity index (χ4n) is 1.73. The van der Waals surface area contributed by atoms with Gasteiger partial charge in [-0.25, -0.2) is 4.79 Å². The van der Waals surface area contributed by atoms with Crippen molar-refractivity contribution in [2.24, 2.45) is 0 Å². The van der Waals surface area contributed by atoms with E-state index in [0.29, 0.717) is 0 Å². The van der Waals surface area contributed by atoms with Crippen molar-refractivity contribution < 1.29 is 9.59 Å². The molecule has 1 heterocycles. The summed E-state index contributed by atoms with van der Waals surface area (Å²) in [6.07, 6.45) is 5.58. The van der Waals surface area contributed by atoms with Gasteiger partial charge in [0, 0.05) is 13.1 Å². The van der Waals surface area contributed by atoms with Crippen LogP contribution >= 0.6 is 11.6 Å². The van der Waals surface area contributed by atoms with Crippen LogP contribution in [0.25, 0.3) is 0 Å². The van der Waals surface area contributed by atoms with Gasteiger partial charge >= 0.3 is 6.03 Å². The normalized spacial score (nSPS) is 19.5. The van der Waals surface area contributed by atoms with Crippen molar-refractivity contribution in [2.45, 2.75) is 44.4 Å². The summed E-state index contributed by atoms with van der Waals surface area (Å²) in [5.74, 6) is -0.422. The molecule has 0 saturated carbocycles. The molecule has 1 atom stereocenters. The Morgan fingerprint density at radius 2 is 1.62 bits per heavy atom. The van der Waals surface area contributed by atoms with E-state index in [4.69, 9.17) is 11.6 Å². The number of imide groups is 1. The third kappa shape index (κ3) is 4.39. The van der Waals surface area contributed by atoms with Crippen molar-refractivity contribution in [3.63, 3.8) is 0 Å². The smallest absolute Gasteiger partial charge is 0.324 e. The molecule has 1 rings (SSSR count). The lowest BCUT2D eigenvalue weighted by Crippen LogP contribution is -2.46. The van der Waals surface area contributed by atoms with Crippen LogP contribution in [0.2, 0.25) is 0 Å². The molecule has 1 saturated heterocycles. The molecule has 5 heteroatoms. The number of nitrogens with zero attached hydrogens (tertiary/aromatic N) is 1. The molecule has 0 aromatic carbocycles. The third-order valence-electron chi connectivity index (χ3n) is 2.73. The minimum absolute atomic E-state index is 0.306. The minimum atomic E-state index is -0.668. The molecule has 16 heavy (non-hydrogen) atoms. The second-order valence-corrected chi connectivity index (χ2v) is 4.82. The number of likely N-dealkylation sites (tertiary alicyclic amines) is 1. The molecule has 1 aliphatic rings. The van der Waals surface area contributed by atoms with E-state index in [9.17, 15) is 9.59 Å². The highest BCUT2D eigenvalue weighted by atomic mass is 35.5. The lowest BCUT2D eigenvalue weighted by atomic mass is 10.1. The Morgan fingerprint density at radius 3 is 2.12 bits per heavy atom. The van der Waals surface area contributed by atoms with Crippen LogP contribution in [0.15, 0.2) is 0 Å². The third-order valence-corrected chi connectivity index (χ3v) is 2.93. The lowest BCUT2D eigenvalue weighted by Gasteiger charge is -2.24. The van der Waals surface area contributed by atoms with Crippen LogP contribution in [-0.2, 0) is 4.79 Å². The van der Waals surface area contributed by atoms with E-state index >= 15 is 0 Å². The molecule has 0 bridgehead atoms. The van der Waals surface area contributed by atoms with Crippen LogP contribution in [0.1, 0.15) is 39.0 Å². The van der Waals surface area contributed by atoms with Crippen molar-refractivity contribution in [1.29, 1.82) is 0 Å². The molecular formula is C11H19ClN2O2. The Balaban J connectivity index is 2.41. The zero-order valence-corrected chi connectivity index (χ0v) is 10.4. The molecule has 4 nitrogen and oxygen atoms in total. The summed E-state index contributed by atoms with van der Waals surface area (Å²) in [5, 5.41) is 1.65. The first kappa shape index (κ1) is 13.3. The summed E-state index contributed by atoms with van der Waals surface area (Å²) in [6, 6.07) is -0.306. The quantitative estimate of drug-likeness (QED) is 0.721. The standard InChI is InChI=1S/C11H19ClN2O2/c1-9(12)10(15)13-11(16)14-7-5-3-2-4-6-8-14/h9H,2-8H2,1H3,(H,13,15,16). The van der Waals surface area contributed by atoms with E-state index in [2.05, 4.69) is 5.32 Å². The number of alkyl halides is 1. The molecule has 0 radical (unpaired) electrons. The van der Waals surface area contributed by atoms with Crippen LogP contribution in [0, 0.1) is 0 Å². The van der Waals surface area contributed by atoms with Crippen LogP contribution in [0.4, 0.5) is 4.79 Å². The minimum Gasteiger partial charge on any atom is -0.324 e. The summed E-state index contributed by atoms with van der Waals surface area (Å²) in [5.41, 5.74) is 0. The van der Waals surface area contributed by atoms with Gasteiger partial charge in [0.2, 0.25) is 5.91 Å². The van der Waals surface area contributed by atoms with Crippen molar-refractivity contribution in [3.05, 3.63) is 0 Å². The highest BCUT2D eigenvalue weighted by molar-refractivity contribution is 6.31. The summed E-state index contributed by atoms with van der Waals surface area (Å²) in [6.45, 7) is 3.02. The van der Waals surface area contributed by atoms with E-state index in [1.807, 2.05) is 0 Å². The van der Waals surface area contributed by atoms with Gasteiger partial charge in [-0.15, -0.1) is 11.6 Å². The number of rotatable bonds is 1. The highest BCUT2D eigenvalue weighted by Crippen LogP contribution is 2.10. The predicted octanol–water partition coefficient (Wildman–Crippen LogP) is 2.12. The summed E-state index contributed by atoms with van der Waals surface area (Å²) >= 11 is 5.59. The van der Waals surface area contributed by atoms with Crippen molar-refractivity contribution in [1.82, 2.24) is 10.2 Å². The van der Waals surface area contributed by atoms with E-state index in [1.165, 1.54) is 6.42 Å². The number of halogens is 1. The topological polar surface area (TPSA) is 49.4 Å². The van der Waals surface area contributed by atoms with Gasteiger partial charge in [-0.1, -0.05) is 19.3 Å². The Hall–Kier alpha value is -0.770. The first-order valence-corrected chi connectivity index (χ1v) is 6.28. The van der Waals surface area contributed by atoms with Crippen molar-refractivity contribution in [3.8, 4) is 0 Å². The van der Waals surface area contributed by atoms with Gasteiger partial charge in [0.25, 0.3) is 0 Å². The predicted molar refractivity (Wildman–Crippen MR) is 63.5 cm³/mol. The van der Waals surface area contributed by atoms with E-state index < -0.39 is 11.3 Å². The second kappa shape index (κ2) is 6.74. The number of urea groups is 1. The van der Waals surface area contributed by atoms with E-state index in [1.54, 1.807) is 11.8 Å². The average molecular weight is 247 g/mol. The monoisotopic (exact) mass is 246 g/mol.